The van der Waals surface area contributed by atoms with Crippen molar-refractivity contribution in [3.05, 3.63) is 36.5 Å². The van der Waals surface area contributed by atoms with Gasteiger partial charge in [-0.25, -0.2) is 9.97 Å². The fourth-order valence-corrected chi connectivity index (χ4v) is 1.93. The highest BCUT2D eigenvalue weighted by atomic mass is 32.2. The lowest BCUT2D eigenvalue weighted by atomic mass is 10.2. The molecule has 0 aromatic carbocycles. The summed E-state index contributed by atoms with van der Waals surface area (Å²) in [6.07, 6.45) is 9.70. The molecular weight excluding hydrogens is 246 g/mol. The number of hydrogen-bond donors (Lipinski definition) is 1. The van der Waals surface area contributed by atoms with Crippen molar-refractivity contribution in [2.24, 2.45) is 0 Å². The number of aromatic nitrogens is 4. The molecule has 0 saturated heterocycles. The summed E-state index contributed by atoms with van der Waals surface area (Å²) in [4.78, 5) is 16.8. The van der Waals surface area contributed by atoms with Crippen LogP contribution in [0.2, 0.25) is 0 Å². The Labute approximate surface area is 110 Å². The molecule has 2 heterocycles. The summed E-state index contributed by atoms with van der Waals surface area (Å²) >= 11 is 1.53. The van der Waals surface area contributed by atoms with Gasteiger partial charge >= 0.3 is 0 Å². The molecule has 0 aliphatic heterocycles. The van der Waals surface area contributed by atoms with Gasteiger partial charge in [-0.2, -0.15) is 0 Å². The van der Waals surface area contributed by atoms with E-state index < -0.39 is 0 Å². The van der Waals surface area contributed by atoms with Gasteiger partial charge in [0.25, 0.3) is 0 Å². The molecule has 0 bridgehead atoms. The molecule has 0 saturated carbocycles. The number of thioether (sulfide) groups is 1. The van der Waals surface area contributed by atoms with Crippen molar-refractivity contribution >= 4 is 17.6 Å². The molecule has 1 N–H and O–H groups in total. The van der Waals surface area contributed by atoms with Crippen molar-refractivity contribution in [2.45, 2.75) is 24.5 Å². The Morgan fingerprint density at radius 1 is 1.28 bits per heavy atom. The number of nitrogens with one attached hydrogen (secondary N) is 1. The summed E-state index contributed by atoms with van der Waals surface area (Å²) in [5, 5.41) is 4.10. The lowest BCUT2D eigenvalue weighted by Gasteiger charge is -2.13. The van der Waals surface area contributed by atoms with E-state index in [1.54, 1.807) is 24.8 Å². The fraction of sp³-hybridized carbons (Fsp3) is 0.333. The highest BCUT2D eigenvalue weighted by Gasteiger charge is 2.06. The maximum absolute atomic E-state index is 4.38. The van der Waals surface area contributed by atoms with E-state index in [-0.39, 0.29) is 6.04 Å². The average molecular weight is 261 g/mol. The lowest BCUT2D eigenvalue weighted by molar-refractivity contribution is 0.755. The van der Waals surface area contributed by atoms with Crippen molar-refractivity contribution in [3.63, 3.8) is 0 Å². The molecule has 2 rings (SSSR count). The predicted molar refractivity (Wildman–Crippen MR) is 72.6 cm³/mol. The van der Waals surface area contributed by atoms with E-state index in [1.807, 2.05) is 12.3 Å². The van der Waals surface area contributed by atoms with Gasteiger partial charge in [-0.3, -0.25) is 9.97 Å². The van der Waals surface area contributed by atoms with Crippen LogP contribution in [0.25, 0.3) is 0 Å². The largest absolute Gasteiger partial charge is 0.367 e. The molecule has 94 valence electrons. The van der Waals surface area contributed by atoms with Crippen molar-refractivity contribution in [1.82, 2.24) is 19.9 Å². The number of rotatable bonds is 5. The third-order valence-corrected chi connectivity index (χ3v) is 2.90. The van der Waals surface area contributed by atoms with Crippen LogP contribution in [0.5, 0.6) is 0 Å². The maximum Gasteiger partial charge on any atom is 0.189 e. The molecule has 0 aliphatic carbocycles. The van der Waals surface area contributed by atoms with Crippen LogP contribution in [0.4, 0.5) is 5.82 Å². The second-order valence-corrected chi connectivity index (χ2v) is 4.65. The summed E-state index contributed by atoms with van der Waals surface area (Å²) in [6.45, 7) is 2.09. The van der Waals surface area contributed by atoms with E-state index >= 15 is 0 Å². The van der Waals surface area contributed by atoms with Gasteiger partial charge in [0.2, 0.25) is 0 Å². The fourth-order valence-electron chi connectivity index (χ4n) is 1.57. The zero-order valence-electron chi connectivity index (χ0n) is 10.4. The van der Waals surface area contributed by atoms with Gasteiger partial charge in [-0.1, -0.05) is 11.8 Å². The minimum absolute atomic E-state index is 0.242. The molecule has 2 aromatic heterocycles. The smallest absolute Gasteiger partial charge is 0.189 e. The molecule has 0 amide bonds. The number of anilines is 1. The summed E-state index contributed by atoms with van der Waals surface area (Å²) in [5.41, 5.74) is 0.969. The van der Waals surface area contributed by atoms with Crippen LogP contribution in [0, 0.1) is 0 Å². The third kappa shape index (κ3) is 3.66. The molecule has 2 aromatic rings. The van der Waals surface area contributed by atoms with E-state index in [2.05, 4.69) is 32.2 Å². The van der Waals surface area contributed by atoms with Crippen molar-refractivity contribution in [1.29, 1.82) is 0 Å². The Kier molecular flexibility index (Phi) is 4.46. The summed E-state index contributed by atoms with van der Waals surface area (Å²) in [6, 6.07) is 2.11. The molecule has 5 nitrogen and oxygen atoms in total. The van der Waals surface area contributed by atoms with Crippen LogP contribution in [-0.4, -0.2) is 32.2 Å². The quantitative estimate of drug-likeness (QED) is 0.656. The molecule has 0 aliphatic rings. The van der Waals surface area contributed by atoms with Gasteiger partial charge < -0.3 is 5.32 Å². The molecular formula is C12H15N5S. The molecule has 0 fully saturated rings. The Morgan fingerprint density at radius 2 is 2.17 bits per heavy atom. The SMILES string of the molecule is CSc1nccc(NC(C)Cc2cnccn2)n1. The zero-order valence-corrected chi connectivity index (χ0v) is 11.2. The van der Waals surface area contributed by atoms with Gasteiger partial charge in [0.15, 0.2) is 5.16 Å². The van der Waals surface area contributed by atoms with Crippen molar-refractivity contribution < 1.29 is 0 Å². The van der Waals surface area contributed by atoms with Crippen LogP contribution < -0.4 is 5.32 Å². The molecule has 18 heavy (non-hydrogen) atoms. The summed E-state index contributed by atoms with van der Waals surface area (Å²) < 4.78 is 0. The highest BCUT2D eigenvalue weighted by molar-refractivity contribution is 7.98. The van der Waals surface area contributed by atoms with Crippen molar-refractivity contribution in [2.75, 3.05) is 11.6 Å². The van der Waals surface area contributed by atoms with Crippen LogP contribution in [0.3, 0.4) is 0 Å². The van der Waals surface area contributed by atoms with E-state index in [4.69, 9.17) is 0 Å². The van der Waals surface area contributed by atoms with E-state index in [9.17, 15) is 0 Å². The Hall–Kier alpha value is -1.69. The Bertz CT molecular complexity index is 491. The van der Waals surface area contributed by atoms with E-state index in [1.165, 1.54) is 11.8 Å². The molecule has 0 spiro atoms. The van der Waals surface area contributed by atoms with E-state index in [0.717, 1.165) is 23.1 Å². The van der Waals surface area contributed by atoms with E-state index in [0.29, 0.717) is 0 Å². The van der Waals surface area contributed by atoms with Gasteiger partial charge in [0.1, 0.15) is 5.82 Å². The predicted octanol–water partition coefficient (Wildman–Crippen LogP) is 2.03. The second kappa shape index (κ2) is 6.30. The average Bonchev–Trinajstić information content (AvgIpc) is 2.40. The molecule has 0 radical (unpaired) electrons. The second-order valence-electron chi connectivity index (χ2n) is 3.87. The molecule has 1 atom stereocenters. The van der Waals surface area contributed by atoms with Crippen LogP contribution in [-0.2, 0) is 6.42 Å². The van der Waals surface area contributed by atoms with Gasteiger partial charge in [0.05, 0.1) is 5.69 Å². The minimum Gasteiger partial charge on any atom is -0.367 e. The molecule has 1 unspecified atom stereocenters. The van der Waals surface area contributed by atoms with Crippen molar-refractivity contribution in [3.8, 4) is 0 Å². The number of hydrogen-bond acceptors (Lipinski definition) is 6. The summed E-state index contributed by atoms with van der Waals surface area (Å²) in [5.74, 6) is 0.839. The summed E-state index contributed by atoms with van der Waals surface area (Å²) in [7, 11) is 0. The Morgan fingerprint density at radius 3 is 2.89 bits per heavy atom. The first-order valence-electron chi connectivity index (χ1n) is 5.66. The van der Waals surface area contributed by atoms with Crippen LogP contribution in [0.15, 0.2) is 36.0 Å². The van der Waals surface area contributed by atoms with Crippen LogP contribution in [0.1, 0.15) is 12.6 Å². The highest BCUT2D eigenvalue weighted by Crippen LogP contribution is 2.12. The third-order valence-electron chi connectivity index (χ3n) is 2.34. The topological polar surface area (TPSA) is 63.6 Å². The maximum atomic E-state index is 4.38. The van der Waals surface area contributed by atoms with Crippen LogP contribution >= 0.6 is 11.8 Å². The monoisotopic (exact) mass is 261 g/mol. The Balaban J connectivity index is 1.96. The van der Waals surface area contributed by atoms with Gasteiger partial charge in [-0.05, 0) is 19.2 Å². The first kappa shape index (κ1) is 12.8. The van der Waals surface area contributed by atoms with Gasteiger partial charge in [0, 0.05) is 37.3 Å². The normalized spacial score (nSPS) is 12.1. The first-order valence-corrected chi connectivity index (χ1v) is 6.89. The zero-order chi connectivity index (χ0) is 12.8. The molecule has 6 heteroatoms. The van der Waals surface area contributed by atoms with Gasteiger partial charge in [-0.15, -0.1) is 0 Å². The standard InChI is InChI=1S/C12H15N5S/c1-9(7-10-8-13-5-6-14-10)16-11-3-4-15-12(17-11)18-2/h3-6,8-9H,7H2,1-2H3,(H,15,16,17). The lowest BCUT2D eigenvalue weighted by Crippen LogP contribution is -2.19. The first-order chi connectivity index (χ1) is 8.78. The minimum atomic E-state index is 0.242. The number of nitrogens with zero attached hydrogens (tertiary/aromatic N) is 4.